The van der Waals surface area contributed by atoms with Crippen molar-refractivity contribution >= 4 is 30.3 Å². The molecular formula is C14H25ClN4O3. The van der Waals surface area contributed by atoms with Crippen LogP contribution in [0.15, 0.2) is 0 Å². The minimum atomic E-state index is -0.840. The van der Waals surface area contributed by atoms with Gasteiger partial charge in [0.15, 0.2) is 0 Å². The Morgan fingerprint density at radius 2 is 2.14 bits per heavy atom. The van der Waals surface area contributed by atoms with Crippen LogP contribution in [-0.4, -0.2) is 54.0 Å². The molecule has 3 N–H and O–H groups in total. The summed E-state index contributed by atoms with van der Waals surface area (Å²) < 4.78 is 0. The molecule has 2 saturated heterocycles. The van der Waals surface area contributed by atoms with Crippen molar-refractivity contribution < 1.29 is 14.4 Å². The van der Waals surface area contributed by atoms with Crippen molar-refractivity contribution in [2.75, 3.05) is 19.6 Å². The van der Waals surface area contributed by atoms with Gasteiger partial charge in [0.05, 0.1) is 0 Å². The lowest BCUT2D eigenvalue weighted by molar-refractivity contribution is -0.130. The van der Waals surface area contributed by atoms with Crippen molar-refractivity contribution in [2.45, 2.75) is 51.1 Å². The number of halogens is 1. The summed E-state index contributed by atoms with van der Waals surface area (Å²) in [4.78, 5) is 36.5. The van der Waals surface area contributed by atoms with Gasteiger partial charge in [0, 0.05) is 25.6 Å². The maximum Gasteiger partial charge on any atom is 0.325 e. The number of amides is 4. The highest BCUT2D eigenvalue weighted by Gasteiger charge is 2.43. The SMILES string of the molecule is CC1(C)NC(=O)N(CCCC(=O)NCC2CCCN2)C1=O.Cl. The lowest BCUT2D eigenvalue weighted by Gasteiger charge is -2.16. The van der Waals surface area contributed by atoms with Gasteiger partial charge in [-0.3, -0.25) is 14.5 Å². The molecule has 1 unspecified atom stereocenters. The minimum absolute atomic E-state index is 0. The maximum atomic E-state index is 11.9. The Labute approximate surface area is 137 Å². The molecule has 2 fully saturated rings. The van der Waals surface area contributed by atoms with Gasteiger partial charge in [-0.2, -0.15) is 0 Å². The molecular weight excluding hydrogens is 308 g/mol. The predicted octanol–water partition coefficient (Wildman–Crippen LogP) is 0.387. The molecule has 0 saturated carbocycles. The van der Waals surface area contributed by atoms with E-state index in [4.69, 9.17) is 0 Å². The zero-order valence-corrected chi connectivity index (χ0v) is 13.9. The first-order chi connectivity index (χ1) is 9.90. The molecule has 0 aromatic carbocycles. The largest absolute Gasteiger partial charge is 0.355 e. The Hall–Kier alpha value is -1.34. The first kappa shape index (κ1) is 18.7. The van der Waals surface area contributed by atoms with Crippen LogP contribution in [0.2, 0.25) is 0 Å². The summed E-state index contributed by atoms with van der Waals surface area (Å²) in [6, 6.07) is 0.00116. The molecule has 0 aromatic heterocycles. The van der Waals surface area contributed by atoms with Crippen molar-refractivity contribution in [1.82, 2.24) is 20.9 Å². The van der Waals surface area contributed by atoms with Gasteiger partial charge in [-0.1, -0.05) is 0 Å². The Kier molecular flexibility index (Phi) is 6.62. The molecule has 2 aliphatic heterocycles. The normalized spacial score (nSPS) is 23.2. The molecule has 0 aliphatic carbocycles. The Balaban J connectivity index is 0.00000242. The average molecular weight is 333 g/mol. The maximum absolute atomic E-state index is 11.9. The van der Waals surface area contributed by atoms with Gasteiger partial charge < -0.3 is 16.0 Å². The summed E-state index contributed by atoms with van der Waals surface area (Å²) in [5.41, 5.74) is -0.840. The van der Waals surface area contributed by atoms with Gasteiger partial charge in [-0.05, 0) is 39.7 Å². The van der Waals surface area contributed by atoms with Crippen LogP contribution in [0.3, 0.4) is 0 Å². The van der Waals surface area contributed by atoms with Crippen LogP contribution in [0.1, 0.15) is 39.5 Å². The second kappa shape index (κ2) is 7.78. The zero-order valence-electron chi connectivity index (χ0n) is 13.1. The zero-order chi connectivity index (χ0) is 15.5. The number of nitrogens with one attached hydrogen (secondary N) is 3. The number of urea groups is 1. The van der Waals surface area contributed by atoms with Crippen LogP contribution in [-0.2, 0) is 9.59 Å². The molecule has 8 heteroatoms. The Morgan fingerprint density at radius 1 is 1.41 bits per heavy atom. The van der Waals surface area contributed by atoms with Crippen molar-refractivity contribution in [3.63, 3.8) is 0 Å². The molecule has 0 aromatic rings. The van der Waals surface area contributed by atoms with Crippen LogP contribution >= 0.6 is 12.4 Å². The number of carbonyl (C=O) groups is 3. The van der Waals surface area contributed by atoms with E-state index in [1.807, 2.05) is 0 Å². The number of imide groups is 1. The van der Waals surface area contributed by atoms with Crippen molar-refractivity contribution in [2.24, 2.45) is 0 Å². The minimum Gasteiger partial charge on any atom is -0.355 e. The second-order valence-corrected chi connectivity index (χ2v) is 6.21. The van der Waals surface area contributed by atoms with Gasteiger partial charge in [-0.15, -0.1) is 12.4 Å². The molecule has 0 bridgehead atoms. The molecule has 22 heavy (non-hydrogen) atoms. The van der Waals surface area contributed by atoms with E-state index in [9.17, 15) is 14.4 Å². The fraction of sp³-hybridized carbons (Fsp3) is 0.786. The fourth-order valence-electron chi connectivity index (χ4n) is 2.68. The number of hydrogen-bond acceptors (Lipinski definition) is 4. The lowest BCUT2D eigenvalue weighted by Crippen LogP contribution is -2.40. The van der Waals surface area contributed by atoms with E-state index >= 15 is 0 Å². The van der Waals surface area contributed by atoms with Crippen molar-refractivity contribution in [3.05, 3.63) is 0 Å². The van der Waals surface area contributed by atoms with E-state index in [-0.39, 0.29) is 36.8 Å². The number of nitrogens with zero attached hydrogens (tertiary/aromatic N) is 1. The molecule has 126 valence electrons. The van der Waals surface area contributed by atoms with Gasteiger partial charge >= 0.3 is 6.03 Å². The van der Waals surface area contributed by atoms with Crippen LogP contribution in [0, 0.1) is 0 Å². The molecule has 0 spiro atoms. The molecule has 7 nitrogen and oxygen atoms in total. The Morgan fingerprint density at radius 3 is 2.68 bits per heavy atom. The summed E-state index contributed by atoms with van der Waals surface area (Å²) in [6.45, 7) is 5.30. The quantitative estimate of drug-likeness (QED) is 0.614. The van der Waals surface area contributed by atoms with Crippen molar-refractivity contribution in [1.29, 1.82) is 0 Å². The summed E-state index contributed by atoms with van der Waals surface area (Å²) >= 11 is 0. The third-order valence-corrected chi connectivity index (χ3v) is 3.94. The predicted molar refractivity (Wildman–Crippen MR) is 84.8 cm³/mol. The van der Waals surface area contributed by atoms with E-state index < -0.39 is 5.54 Å². The highest BCUT2D eigenvalue weighted by molar-refractivity contribution is 6.06. The van der Waals surface area contributed by atoms with E-state index in [1.165, 1.54) is 4.90 Å². The first-order valence-corrected chi connectivity index (χ1v) is 7.54. The van der Waals surface area contributed by atoms with Gasteiger partial charge in [0.1, 0.15) is 5.54 Å². The number of rotatable bonds is 6. The highest BCUT2D eigenvalue weighted by atomic mass is 35.5. The number of carbonyl (C=O) groups excluding carboxylic acids is 3. The first-order valence-electron chi connectivity index (χ1n) is 7.54. The Bertz CT molecular complexity index is 436. The smallest absolute Gasteiger partial charge is 0.325 e. The number of hydrogen-bond donors (Lipinski definition) is 3. The van der Waals surface area contributed by atoms with Gasteiger partial charge in [0.25, 0.3) is 5.91 Å². The summed E-state index contributed by atoms with van der Waals surface area (Å²) in [5, 5.41) is 8.82. The molecule has 2 heterocycles. The fourth-order valence-corrected chi connectivity index (χ4v) is 2.68. The second-order valence-electron chi connectivity index (χ2n) is 6.21. The van der Waals surface area contributed by atoms with Crippen LogP contribution in [0.4, 0.5) is 4.79 Å². The summed E-state index contributed by atoms with van der Waals surface area (Å²) in [7, 11) is 0. The van der Waals surface area contributed by atoms with Crippen molar-refractivity contribution in [3.8, 4) is 0 Å². The topological polar surface area (TPSA) is 90.5 Å². The van der Waals surface area contributed by atoms with Crippen LogP contribution < -0.4 is 16.0 Å². The summed E-state index contributed by atoms with van der Waals surface area (Å²) in [5.74, 6) is -0.266. The van der Waals surface area contributed by atoms with E-state index in [0.29, 0.717) is 25.4 Å². The third kappa shape index (κ3) is 4.58. The third-order valence-electron chi connectivity index (χ3n) is 3.94. The summed E-state index contributed by atoms with van der Waals surface area (Å²) in [6.07, 6.45) is 3.06. The van der Waals surface area contributed by atoms with Gasteiger partial charge in [-0.25, -0.2) is 4.79 Å². The van der Waals surface area contributed by atoms with E-state index in [1.54, 1.807) is 13.8 Å². The monoisotopic (exact) mass is 332 g/mol. The molecule has 4 amide bonds. The molecule has 1 atom stereocenters. The van der Waals surface area contributed by atoms with E-state index in [0.717, 1.165) is 19.4 Å². The average Bonchev–Trinajstić information content (AvgIpc) is 2.98. The standard InChI is InChI=1S/C14H24N4O3.ClH/c1-14(2)12(20)18(13(21)17-14)8-4-6-11(19)16-9-10-5-3-7-15-10;/h10,15H,3-9H2,1-2H3,(H,16,19)(H,17,21);1H. The molecule has 0 radical (unpaired) electrons. The molecule has 2 rings (SSSR count). The molecule has 2 aliphatic rings. The van der Waals surface area contributed by atoms with Crippen LogP contribution in [0.25, 0.3) is 0 Å². The van der Waals surface area contributed by atoms with Gasteiger partial charge in [0.2, 0.25) is 5.91 Å². The lowest BCUT2D eigenvalue weighted by atomic mass is 10.1. The van der Waals surface area contributed by atoms with Crippen LogP contribution in [0.5, 0.6) is 0 Å². The highest BCUT2D eigenvalue weighted by Crippen LogP contribution is 2.16. The van der Waals surface area contributed by atoms with E-state index in [2.05, 4.69) is 16.0 Å².